The summed E-state index contributed by atoms with van der Waals surface area (Å²) in [5.74, 6) is 2.72. The Hall–Kier alpha value is -2.88. The van der Waals surface area contributed by atoms with Crippen LogP contribution in [0.1, 0.15) is 53.5 Å². The molecule has 0 amide bonds. The summed E-state index contributed by atoms with van der Waals surface area (Å²) in [5, 5.41) is 6.67. The largest absolute Gasteiger partial charge is 0.373 e. The second-order valence-corrected chi connectivity index (χ2v) is 7.53. The second-order valence-electron chi connectivity index (χ2n) is 7.53. The molecule has 4 heteroatoms. The Balaban J connectivity index is 1.46. The van der Waals surface area contributed by atoms with Crippen LogP contribution in [0.3, 0.4) is 0 Å². The highest BCUT2D eigenvalue weighted by Crippen LogP contribution is 2.41. The number of benzene rings is 2. The lowest BCUT2D eigenvalue weighted by molar-refractivity contribution is 0.772. The average molecular weight is 356 g/mol. The van der Waals surface area contributed by atoms with Crippen molar-refractivity contribution >= 4 is 17.5 Å². The van der Waals surface area contributed by atoms with Crippen LogP contribution in [0.2, 0.25) is 0 Å². The van der Waals surface area contributed by atoms with E-state index in [-0.39, 0.29) is 0 Å². The summed E-state index contributed by atoms with van der Waals surface area (Å²) in [4.78, 5) is 9.65. The predicted octanol–water partition coefficient (Wildman–Crippen LogP) is 5.22. The first kappa shape index (κ1) is 16.3. The quantitative estimate of drug-likeness (QED) is 0.658. The van der Waals surface area contributed by atoms with E-state index in [0.29, 0.717) is 11.9 Å². The minimum Gasteiger partial charge on any atom is -0.373 e. The molecule has 0 bridgehead atoms. The summed E-state index contributed by atoms with van der Waals surface area (Å²) in [5.41, 5.74) is 6.21. The Morgan fingerprint density at radius 1 is 0.852 bits per heavy atom. The van der Waals surface area contributed by atoms with E-state index in [4.69, 9.17) is 9.97 Å². The van der Waals surface area contributed by atoms with Gasteiger partial charge < -0.3 is 10.6 Å². The van der Waals surface area contributed by atoms with Crippen molar-refractivity contribution in [2.45, 2.75) is 37.5 Å². The third-order valence-corrected chi connectivity index (χ3v) is 5.71. The van der Waals surface area contributed by atoms with Gasteiger partial charge in [0.2, 0.25) is 5.95 Å². The van der Waals surface area contributed by atoms with Crippen molar-refractivity contribution in [1.29, 1.82) is 0 Å². The van der Waals surface area contributed by atoms with Gasteiger partial charge in [-0.3, -0.25) is 0 Å². The van der Waals surface area contributed by atoms with Crippen LogP contribution in [0.25, 0.3) is 0 Å². The topological polar surface area (TPSA) is 49.8 Å². The van der Waals surface area contributed by atoms with Gasteiger partial charge in [0.05, 0.1) is 5.69 Å². The van der Waals surface area contributed by atoms with Crippen LogP contribution in [0.15, 0.2) is 54.6 Å². The van der Waals surface area contributed by atoms with Crippen molar-refractivity contribution in [3.05, 3.63) is 77.0 Å². The molecule has 4 nitrogen and oxygen atoms in total. The van der Waals surface area contributed by atoms with E-state index in [1.165, 1.54) is 29.5 Å². The minimum atomic E-state index is 0.342. The van der Waals surface area contributed by atoms with E-state index in [2.05, 4.69) is 65.2 Å². The smallest absolute Gasteiger partial charge is 0.229 e. The summed E-state index contributed by atoms with van der Waals surface area (Å²) in [6.07, 6.45) is 4.75. The zero-order valence-corrected chi connectivity index (χ0v) is 15.6. The zero-order valence-electron chi connectivity index (χ0n) is 15.6. The lowest BCUT2D eigenvalue weighted by Crippen LogP contribution is -2.07. The molecular formula is C23H24N4. The Morgan fingerprint density at radius 3 is 2.33 bits per heavy atom. The van der Waals surface area contributed by atoms with Gasteiger partial charge in [-0.2, -0.15) is 4.98 Å². The van der Waals surface area contributed by atoms with Crippen LogP contribution < -0.4 is 10.6 Å². The molecule has 0 spiro atoms. The van der Waals surface area contributed by atoms with Gasteiger partial charge in [-0.15, -0.1) is 0 Å². The highest BCUT2D eigenvalue weighted by molar-refractivity contribution is 5.60. The predicted molar refractivity (Wildman–Crippen MR) is 110 cm³/mol. The van der Waals surface area contributed by atoms with Crippen LogP contribution in [0.4, 0.5) is 17.5 Å². The number of fused-ring (bicyclic) bond motifs is 1. The van der Waals surface area contributed by atoms with Gasteiger partial charge >= 0.3 is 0 Å². The highest BCUT2D eigenvalue weighted by Gasteiger charge is 2.29. The first-order valence-electron chi connectivity index (χ1n) is 9.82. The van der Waals surface area contributed by atoms with Crippen LogP contribution >= 0.6 is 0 Å². The van der Waals surface area contributed by atoms with E-state index >= 15 is 0 Å². The monoisotopic (exact) mass is 356 g/mol. The second kappa shape index (κ2) is 6.69. The standard InChI is InChI=1S/C23H24N4/c1-24-22-20-14-13-19(17-5-3-2-4-6-17)21(20)26-23(27-22)25-18-11-9-16(10-12-18)15-7-8-15/h2-6,9-12,15,19H,7-8,13-14H2,1H3,(H2,24,25,26,27). The number of anilines is 3. The van der Waals surface area contributed by atoms with E-state index in [9.17, 15) is 0 Å². The molecule has 3 aromatic rings. The maximum absolute atomic E-state index is 4.92. The molecule has 1 heterocycles. The normalized spacial score (nSPS) is 18.2. The van der Waals surface area contributed by atoms with Gasteiger partial charge in [0.25, 0.3) is 0 Å². The van der Waals surface area contributed by atoms with Crippen LogP contribution in [0, 0.1) is 0 Å². The fourth-order valence-corrected chi connectivity index (χ4v) is 4.12. The fourth-order valence-electron chi connectivity index (χ4n) is 4.12. The molecule has 1 aromatic heterocycles. The van der Waals surface area contributed by atoms with Gasteiger partial charge in [-0.05, 0) is 54.9 Å². The fraction of sp³-hybridized carbons (Fsp3) is 0.304. The van der Waals surface area contributed by atoms with E-state index in [1.54, 1.807) is 0 Å². The van der Waals surface area contributed by atoms with Gasteiger partial charge in [-0.1, -0.05) is 42.5 Å². The molecule has 2 aliphatic rings. The van der Waals surface area contributed by atoms with Crippen molar-refractivity contribution in [3.8, 4) is 0 Å². The zero-order chi connectivity index (χ0) is 18.2. The Morgan fingerprint density at radius 2 is 1.63 bits per heavy atom. The lowest BCUT2D eigenvalue weighted by atomic mass is 9.97. The van der Waals surface area contributed by atoms with Crippen LogP contribution in [-0.2, 0) is 6.42 Å². The Bertz CT molecular complexity index is 946. The average Bonchev–Trinajstić information content (AvgIpc) is 3.48. The first-order valence-corrected chi connectivity index (χ1v) is 9.82. The molecule has 2 aromatic carbocycles. The van der Waals surface area contributed by atoms with Gasteiger partial charge in [-0.25, -0.2) is 4.98 Å². The van der Waals surface area contributed by atoms with E-state index in [0.717, 1.165) is 36.0 Å². The maximum atomic E-state index is 4.92. The van der Waals surface area contributed by atoms with Crippen molar-refractivity contribution in [2.75, 3.05) is 17.7 Å². The molecule has 1 atom stereocenters. The summed E-state index contributed by atoms with van der Waals surface area (Å²) >= 11 is 0. The molecule has 1 saturated carbocycles. The summed E-state index contributed by atoms with van der Waals surface area (Å²) < 4.78 is 0. The molecule has 0 radical (unpaired) electrons. The molecule has 5 rings (SSSR count). The number of hydrogen-bond acceptors (Lipinski definition) is 4. The van der Waals surface area contributed by atoms with E-state index < -0.39 is 0 Å². The number of nitrogens with one attached hydrogen (secondary N) is 2. The number of hydrogen-bond donors (Lipinski definition) is 2. The molecule has 27 heavy (non-hydrogen) atoms. The summed E-state index contributed by atoms with van der Waals surface area (Å²) in [6, 6.07) is 19.4. The van der Waals surface area contributed by atoms with Gasteiger partial charge in [0.1, 0.15) is 5.82 Å². The van der Waals surface area contributed by atoms with Gasteiger partial charge in [0, 0.05) is 24.2 Å². The van der Waals surface area contributed by atoms with Crippen LogP contribution in [-0.4, -0.2) is 17.0 Å². The van der Waals surface area contributed by atoms with E-state index in [1.807, 2.05) is 7.05 Å². The Kier molecular flexibility index (Phi) is 4.04. The third kappa shape index (κ3) is 3.16. The molecule has 0 saturated heterocycles. The lowest BCUT2D eigenvalue weighted by Gasteiger charge is -2.15. The summed E-state index contributed by atoms with van der Waals surface area (Å²) in [7, 11) is 1.94. The molecule has 1 fully saturated rings. The molecule has 136 valence electrons. The SMILES string of the molecule is CNc1nc(Nc2ccc(C3CC3)cc2)nc2c1CCC2c1ccccc1. The first-order chi connectivity index (χ1) is 13.3. The van der Waals surface area contributed by atoms with Gasteiger partial charge in [0.15, 0.2) is 0 Å². The third-order valence-electron chi connectivity index (χ3n) is 5.71. The molecular weight excluding hydrogens is 332 g/mol. The number of nitrogens with zero attached hydrogens (tertiary/aromatic N) is 2. The molecule has 0 aliphatic heterocycles. The number of aromatic nitrogens is 2. The van der Waals surface area contributed by atoms with Crippen molar-refractivity contribution in [2.24, 2.45) is 0 Å². The van der Waals surface area contributed by atoms with Crippen molar-refractivity contribution in [1.82, 2.24) is 9.97 Å². The van der Waals surface area contributed by atoms with Crippen LogP contribution in [0.5, 0.6) is 0 Å². The molecule has 2 aliphatic carbocycles. The number of rotatable bonds is 5. The molecule has 1 unspecified atom stereocenters. The van der Waals surface area contributed by atoms with Crippen molar-refractivity contribution < 1.29 is 0 Å². The summed E-state index contributed by atoms with van der Waals surface area (Å²) in [6.45, 7) is 0. The highest BCUT2D eigenvalue weighted by atomic mass is 15.1. The van der Waals surface area contributed by atoms with Crippen molar-refractivity contribution in [3.63, 3.8) is 0 Å². The maximum Gasteiger partial charge on any atom is 0.229 e. The molecule has 2 N–H and O–H groups in total. The Labute approximate surface area is 160 Å². The minimum absolute atomic E-state index is 0.342.